The molecule has 64 valence electrons. The second-order valence-electron chi connectivity index (χ2n) is 2.92. The van der Waals surface area contributed by atoms with Gasteiger partial charge in [-0.15, -0.1) is 6.58 Å². The highest BCUT2D eigenvalue weighted by Gasteiger charge is 2.31. The molecule has 11 heavy (non-hydrogen) atoms. The molecule has 2 nitrogen and oxygen atoms in total. The van der Waals surface area contributed by atoms with E-state index >= 15 is 0 Å². The van der Waals surface area contributed by atoms with Gasteiger partial charge in [-0.2, -0.15) is 0 Å². The van der Waals surface area contributed by atoms with Gasteiger partial charge in [-0.05, 0) is 6.92 Å². The van der Waals surface area contributed by atoms with Crippen LogP contribution < -0.4 is 0 Å². The summed E-state index contributed by atoms with van der Waals surface area (Å²) in [7, 11) is 0. The molecule has 0 saturated carbocycles. The average molecular weight is 156 g/mol. The van der Waals surface area contributed by atoms with Crippen LogP contribution in [0.3, 0.4) is 0 Å². The Morgan fingerprint density at radius 1 is 1.73 bits per heavy atom. The lowest BCUT2D eigenvalue weighted by Gasteiger charge is -2.15. The van der Waals surface area contributed by atoms with Crippen molar-refractivity contribution in [3.8, 4) is 0 Å². The van der Waals surface area contributed by atoms with Crippen LogP contribution in [-0.4, -0.2) is 19.5 Å². The van der Waals surface area contributed by atoms with E-state index in [-0.39, 0.29) is 6.29 Å². The summed E-state index contributed by atoms with van der Waals surface area (Å²) in [6.45, 7) is 9.35. The van der Waals surface area contributed by atoms with Crippen molar-refractivity contribution in [2.45, 2.75) is 20.1 Å². The van der Waals surface area contributed by atoms with Gasteiger partial charge in [0.15, 0.2) is 6.29 Å². The standard InChI is InChI=1S/C9H16O2/c1-4-8-6-11-9(7(8)3)10-5-2/h4,7-9H,1,5-6H2,2-3H3/t7-,8+,9-/m0/s1. The fourth-order valence-electron chi connectivity index (χ4n) is 1.36. The van der Waals surface area contributed by atoms with Gasteiger partial charge in [0.25, 0.3) is 0 Å². The largest absolute Gasteiger partial charge is 0.353 e. The Bertz CT molecular complexity index is 134. The Morgan fingerprint density at radius 3 is 2.91 bits per heavy atom. The molecule has 1 saturated heterocycles. The maximum atomic E-state index is 5.42. The molecular formula is C9H16O2. The third-order valence-corrected chi connectivity index (χ3v) is 2.19. The van der Waals surface area contributed by atoms with Crippen molar-refractivity contribution in [2.75, 3.05) is 13.2 Å². The van der Waals surface area contributed by atoms with Gasteiger partial charge >= 0.3 is 0 Å². The highest BCUT2D eigenvalue weighted by molar-refractivity contribution is 4.88. The Kier molecular flexibility index (Phi) is 3.09. The Hall–Kier alpha value is -0.340. The predicted octanol–water partition coefficient (Wildman–Crippen LogP) is 1.82. The van der Waals surface area contributed by atoms with Gasteiger partial charge in [-0.3, -0.25) is 0 Å². The minimum atomic E-state index is -0.0111. The molecule has 0 unspecified atom stereocenters. The highest BCUT2D eigenvalue weighted by atomic mass is 16.7. The van der Waals surface area contributed by atoms with Crippen LogP contribution in [0.25, 0.3) is 0 Å². The smallest absolute Gasteiger partial charge is 0.160 e. The second kappa shape index (κ2) is 3.88. The van der Waals surface area contributed by atoms with Crippen LogP contribution in [0.1, 0.15) is 13.8 Å². The van der Waals surface area contributed by atoms with Crippen molar-refractivity contribution < 1.29 is 9.47 Å². The molecule has 1 aliphatic rings. The van der Waals surface area contributed by atoms with E-state index in [4.69, 9.17) is 9.47 Å². The number of hydrogen-bond acceptors (Lipinski definition) is 2. The predicted molar refractivity (Wildman–Crippen MR) is 44.2 cm³/mol. The third kappa shape index (κ3) is 1.82. The third-order valence-electron chi connectivity index (χ3n) is 2.19. The SMILES string of the molecule is C=C[C@@H]1CO[C@H](OCC)[C@H]1C. The lowest BCUT2D eigenvalue weighted by atomic mass is 9.97. The summed E-state index contributed by atoms with van der Waals surface area (Å²) >= 11 is 0. The molecule has 0 bridgehead atoms. The molecule has 0 aromatic carbocycles. The first-order chi connectivity index (χ1) is 5.29. The van der Waals surface area contributed by atoms with E-state index in [2.05, 4.69) is 13.5 Å². The van der Waals surface area contributed by atoms with E-state index in [0.717, 1.165) is 13.2 Å². The topological polar surface area (TPSA) is 18.5 Å². The van der Waals surface area contributed by atoms with Gasteiger partial charge in [-0.25, -0.2) is 0 Å². The van der Waals surface area contributed by atoms with E-state index in [1.807, 2.05) is 13.0 Å². The lowest BCUT2D eigenvalue weighted by molar-refractivity contribution is -0.124. The summed E-state index contributed by atoms with van der Waals surface area (Å²) in [6, 6.07) is 0. The normalized spacial score (nSPS) is 37.5. The van der Waals surface area contributed by atoms with Gasteiger partial charge in [0, 0.05) is 18.4 Å². The molecule has 1 heterocycles. The van der Waals surface area contributed by atoms with E-state index in [1.54, 1.807) is 0 Å². The molecule has 0 aliphatic carbocycles. The first-order valence-corrected chi connectivity index (χ1v) is 4.15. The summed E-state index contributed by atoms with van der Waals surface area (Å²) < 4.78 is 10.8. The first-order valence-electron chi connectivity index (χ1n) is 4.15. The van der Waals surface area contributed by atoms with Gasteiger partial charge in [-0.1, -0.05) is 13.0 Å². The molecule has 1 rings (SSSR count). The fourth-order valence-corrected chi connectivity index (χ4v) is 1.36. The molecule has 3 atom stereocenters. The van der Waals surface area contributed by atoms with Gasteiger partial charge in [0.05, 0.1) is 6.61 Å². The maximum Gasteiger partial charge on any atom is 0.160 e. The van der Waals surface area contributed by atoms with Crippen LogP contribution in [0.5, 0.6) is 0 Å². The van der Waals surface area contributed by atoms with Crippen molar-refractivity contribution in [3.05, 3.63) is 12.7 Å². The molecule has 0 aromatic rings. The minimum Gasteiger partial charge on any atom is -0.353 e. The van der Waals surface area contributed by atoms with Crippen LogP contribution in [0.4, 0.5) is 0 Å². The minimum absolute atomic E-state index is 0.0111. The van der Waals surface area contributed by atoms with Crippen molar-refractivity contribution in [1.82, 2.24) is 0 Å². The summed E-state index contributed by atoms with van der Waals surface area (Å²) in [4.78, 5) is 0. The van der Waals surface area contributed by atoms with Crippen LogP contribution >= 0.6 is 0 Å². The molecular weight excluding hydrogens is 140 g/mol. The zero-order valence-corrected chi connectivity index (χ0v) is 7.25. The van der Waals surface area contributed by atoms with E-state index < -0.39 is 0 Å². The van der Waals surface area contributed by atoms with Gasteiger partial charge in [0.1, 0.15) is 0 Å². The summed E-state index contributed by atoms with van der Waals surface area (Å²) in [5, 5.41) is 0. The maximum absolute atomic E-state index is 5.42. The summed E-state index contributed by atoms with van der Waals surface area (Å²) in [5.74, 6) is 0.916. The van der Waals surface area contributed by atoms with E-state index in [0.29, 0.717) is 11.8 Å². The van der Waals surface area contributed by atoms with Crippen molar-refractivity contribution >= 4 is 0 Å². The van der Waals surface area contributed by atoms with Crippen molar-refractivity contribution in [2.24, 2.45) is 11.8 Å². The van der Waals surface area contributed by atoms with Crippen LogP contribution in [-0.2, 0) is 9.47 Å². The molecule has 1 fully saturated rings. The number of hydrogen-bond donors (Lipinski definition) is 0. The Balaban J connectivity index is 2.41. The van der Waals surface area contributed by atoms with Gasteiger partial charge in [0.2, 0.25) is 0 Å². The summed E-state index contributed by atoms with van der Waals surface area (Å²) in [6.07, 6.45) is 1.94. The summed E-state index contributed by atoms with van der Waals surface area (Å²) in [5.41, 5.74) is 0. The molecule has 1 aliphatic heterocycles. The van der Waals surface area contributed by atoms with E-state index in [9.17, 15) is 0 Å². The van der Waals surface area contributed by atoms with Gasteiger partial charge < -0.3 is 9.47 Å². The van der Waals surface area contributed by atoms with Crippen LogP contribution in [0.15, 0.2) is 12.7 Å². The molecule has 0 amide bonds. The molecule has 0 N–H and O–H groups in total. The quantitative estimate of drug-likeness (QED) is 0.580. The first kappa shape index (κ1) is 8.75. The van der Waals surface area contributed by atoms with E-state index in [1.165, 1.54) is 0 Å². The molecule has 0 radical (unpaired) electrons. The van der Waals surface area contributed by atoms with Crippen LogP contribution in [0, 0.1) is 11.8 Å². The number of ether oxygens (including phenoxy) is 2. The van der Waals surface area contributed by atoms with Crippen LogP contribution in [0.2, 0.25) is 0 Å². The Labute approximate surface area is 68.2 Å². The van der Waals surface area contributed by atoms with Crippen molar-refractivity contribution in [1.29, 1.82) is 0 Å². The number of rotatable bonds is 3. The highest BCUT2D eigenvalue weighted by Crippen LogP contribution is 2.27. The second-order valence-corrected chi connectivity index (χ2v) is 2.92. The molecule has 2 heteroatoms. The zero-order chi connectivity index (χ0) is 8.27. The van der Waals surface area contributed by atoms with Crippen molar-refractivity contribution in [3.63, 3.8) is 0 Å². The molecule has 0 spiro atoms. The fraction of sp³-hybridized carbons (Fsp3) is 0.778. The average Bonchev–Trinajstić information content (AvgIpc) is 2.34. The zero-order valence-electron chi connectivity index (χ0n) is 7.25. The Morgan fingerprint density at radius 2 is 2.45 bits per heavy atom. The molecule has 0 aromatic heterocycles. The monoisotopic (exact) mass is 156 g/mol. The lowest BCUT2D eigenvalue weighted by Crippen LogP contribution is -2.19.